The van der Waals surface area contributed by atoms with Crippen molar-refractivity contribution in [2.75, 3.05) is 14.2 Å². The first-order valence-corrected chi connectivity index (χ1v) is 6.33. The average molecular weight is 332 g/mol. The van der Waals surface area contributed by atoms with Crippen molar-refractivity contribution in [3.05, 3.63) is 48.6 Å². The summed E-state index contributed by atoms with van der Waals surface area (Å²) in [5.74, 6) is -2.86. The summed E-state index contributed by atoms with van der Waals surface area (Å²) in [4.78, 5) is 23.6. The lowest BCUT2D eigenvalue weighted by Gasteiger charge is -2.33. The molecule has 0 aliphatic heterocycles. The molecule has 1 aromatic rings. The Bertz CT molecular complexity index is 570. The molecule has 1 rings (SSSR count). The van der Waals surface area contributed by atoms with Crippen molar-refractivity contribution in [2.45, 2.75) is 17.9 Å². The number of carbonyl (C=O) groups excluding carboxylic acids is 2. The minimum Gasteiger partial charge on any atom is -0.466 e. The van der Waals surface area contributed by atoms with Crippen molar-refractivity contribution in [1.82, 2.24) is 0 Å². The third-order valence-corrected chi connectivity index (χ3v) is 3.05. The second kappa shape index (κ2) is 7.28. The topological polar surface area (TPSA) is 61.8 Å². The van der Waals surface area contributed by atoms with E-state index in [0.29, 0.717) is 0 Å². The maximum absolute atomic E-state index is 13.6. The number of carbonyl (C=O) groups is 2. The van der Waals surface area contributed by atoms with Crippen molar-refractivity contribution in [3.63, 3.8) is 0 Å². The largest absolute Gasteiger partial charge is 0.466 e. The lowest BCUT2D eigenvalue weighted by Crippen LogP contribution is -2.53. The number of hydrogen-bond donors (Lipinski definition) is 0. The van der Waals surface area contributed by atoms with E-state index in [2.05, 4.69) is 20.8 Å². The Balaban J connectivity index is 3.33. The molecule has 126 valence electrons. The van der Waals surface area contributed by atoms with E-state index in [4.69, 9.17) is 0 Å². The van der Waals surface area contributed by atoms with Crippen LogP contribution in [0.15, 0.2) is 43.0 Å². The third-order valence-electron chi connectivity index (χ3n) is 3.05. The van der Waals surface area contributed by atoms with Crippen LogP contribution in [0.3, 0.4) is 0 Å². The van der Waals surface area contributed by atoms with E-state index in [0.717, 1.165) is 32.4 Å². The number of esters is 2. The molecule has 0 aliphatic rings. The molecule has 0 unspecified atom stereocenters. The van der Waals surface area contributed by atoms with Gasteiger partial charge in [0.1, 0.15) is 0 Å². The molecular formula is C15H15F3O5. The van der Waals surface area contributed by atoms with Crippen LogP contribution in [0, 0.1) is 0 Å². The standard InChI is InChI=1S/C15H15F3O5/c1-4-11(12(19)21-2)23-13(20)14(22-3,15(16,17)18)10-8-6-5-7-9-10/h4-9,11H,1H2,2-3H3/t11-,14+/m1/s1. The van der Waals surface area contributed by atoms with Gasteiger partial charge in [-0.05, 0) is 6.08 Å². The lowest BCUT2D eigenvalue weighted by molar-refractivity contribution is -0.277. The predicted molar refractivity (Wildman–Crippen MR) is 73.3 cm³/mol. The minimum atomic E-state index is -5.12. The Morgan fingerprint density at radius 3 is 2.13 bits per heavy atom. The molecule has 0 aliphatic carbocycles. The molecular weight excluding hydrogens is 317 g/mol. The second-order valence-corrected chi connectivity index (χ2v) is 4.33. The monoisotopic (exact) mass is 332 g/mol. The Kier molecular flexibility index (Phi) is 5.91. The van der Waals surface area contributed by atoms with Gasteiger partial charge < -0.3 is 14.2 Å². The molecule has 0 radical (unpaired) electrons. The molecule has 0 fully saturated rings. The van der Waals surface area contributed by atoms with Crippen LogP contribution in [0.4, 0.5) is 13.2 Å². The normalized spacial score (nSPS) is 15.2. The molecule has 0 bridgehead atoms. The van der Waals surface area contributed by atoms with Crippen molar-refractivity contribution in [1.29, 1.82) is 0 Å². The van der Waals surface area contributed by atoms with Crippen LogP contribution in [0.25, 0.3) is 0 Å². The van der Waals surface area contributed by atoms with Gasteiger partial charge in [-0.25, -0.2) is 9.59 Å². The van der Waals surface area contributed by atoms with Crippen LogP contribution in [0.2, 0.25) is 0 Å². The fourth-order valence-corrected chi connectivity index (χ4v) is 1.89. The number of halogens is 3. The van der Waals surface area contributed by atoms with Gasteiger partial charge in [0.2, 0.25) is 6.10 Å². The van der Waals surface area contributed by atoms with Gasteiger partial charge in [-0.15, -0.1) is 0 Å². The lowest BCUT2D eigenvalue weighted by atomic mass is 9.92. The molecule has 0 spiro atoms. The number of benzene rings is 1. The van der Waals surface area contributed by atoms with Crippen molar-refractivity contribution >= 4 is 11.9 Å². The summed E-state index contributed by atoms with van der Waals surface area (Å²) in [7, 11) is 1.72. The summed E-state index contributed by atoms with van der Waals surface area (Å²) in [6.07, 6.45) is -5.96. The Hall–Kier alpha value is -2.35. The van der Waals surface area contributed by atoms with E-state index in [1.807, 2.05) is 0 Å². The number of rotatable bonds is 6. The number of ether oxygens (including phenoxy) is 3. The fourth-order valence-electron chi connectivity index (χ4n) is 1.89. The van der Waals surface area contributed by atoms with Gasteiger partial charge in [0.05, 0.1) is 7.11 Å². The average Bonchev–Trinajstić information content (AvgIpc) is 2.52. The smallest absolute Gasteiger partial charge is 0.432 e. The summed E-state index contributed by atoms with van der Waals surface area (Å²) in [5.41, 5.74) is -3.85. The molecule has 0 heterocycles. The molecule has 0 aromatic heterocycles. The van der Waals surface area contributed by atoms with E-state index in [1.54, 1.807) is 0 Å². The molecule has 2 atom stereocenters. The van der Waals surface area contributed by atoms with Crippen LogP contribution < -0.4 is 0 Å². The highest BCUT2D eigenvalue weighted by Gasteiger charge is 2.64. The molecule has 0 saturated heterocycles. The molecule has 0 saturated carbocycles. The number of hydrogen-bond acceptors (Lipinski definition) is 5. The van der Waals surface area contributed by atoms with Gasteiger partial charge in [-0.3, -0.25) is 0 Å². The van der Waals surface area contributed by atoms with Gasteiger partial charge in [0.25, 0.3) is 5.60 Å². The van der Waals surface area contributed by atoms with Gasteiger partial charge in [0.15, 0.2) is 0 Å². The number of methoxy groups -OCH3 is 2. The van der Waals surface area contributed by atoms with Gasteiger partial charge in [-0.2, -0.15) is 13.2 Å². The van der Waals surface area contributed by atoms with Crippen LogP contribution in [-0.4, -0.2) is 38.4 Å². The fraction of sp³-hybridized carbons (Fsp3) is 0.333. The molecule has 8 heteroatoms. The summed E-state index contributed by atoms with van der Waals surface area (Å²) < 4.78 is 54.2. The first-order valence-electron chi connectivity index (χ1n) is 6.33. The van der Waals surface area contributed by atoms with Crippen LogP contribution >= 0.6 is 0 Å². The third kappa shape index (κ3) is 3.53. The summed E-state index contributed by atoms with van der Waals surface area (Å²) in [6.45, 7) is 3.23. The first kappa shape index (κ1) is 18.7. The summed E-state index contributed by atoms with van der Waals surface area (Å²) in [6, 6.07) is 6.24. The van der Waals surface area contributed by atoms with E-state index in [1.165, 1.54) is 18.2 Å². The van der Waals surface area contributed by atoms with Crippen LogP contribution in [0.1, 0.15) is 5.56 Å². The Labute approximate surface area is 130 Å². The van der Waals surface area contributed by atoms with Crippen molar-refractivity contribution in [2.24, 2.45) is 0 Å². The summed E-state index contributed by atoms with van der Waals surface area (Å²) >= 11 is 0. The molecule has 5 nitrogen and oxygen atoms in total. The zero-order chi connectivity index (χ0) is 17.7. The van der Waals surface area contributed by atoms with E-state index < -0.39 is 35.4 Å². The highest BCUT2D eigenvalue weighted by molar-refractivity contribution is 5.86. The first-order chi connectivity index (χ1) is 10.7. The van der Waals surface area contributed by atoms with Crippen LogP contribution in [0.5, 0.6) is 0 Å². The predicted octanol–water partition coefficient (Wildman–Crippen LogP) is 2.36. The van der Waals surface area contributed by atoms with Crippen LogP contribution in [-0.2, 0) is 29.4 Å². The van der Waals surface area contributed by atoms with Gasteiger partial charge >= 0.3 is 18.1 Å². The van der Waals surface area contributed by atoms with E-state index >= 15 is 0 Å². The minimum absolute atomic E-state index is 0.479. The quantitative estimate of drug-likeness (QED) is 0.591. The molecule has 1 aromatic carbocycles. The summed E-state index contributed by atoms with van der Waals surface area (Å²) in [5, 5.41) is 0. The SMILES string of the molecule is C=C[C@@H](OC(=O)[C@@](OC)(c1ccccc1)C(F)(F)F)C(=O)OC. The van der Waals surface area contributed by atoms with Crippen molar-refractivity contribution < 1.29 is 37.0 Å². The van der Waals surface area contributed by atoms with E-state index in [-0.39, 0.29) is 0 Å². The van der Waals surface area contributed by atoms with E-state index in [9.17, 15) is 22.8 Å². The van der Waals surface area contributed by atoms with Gasteiger partial charge in [-0.1, -0.05) is 36.9 Å². The van der Waals surface area contributed by atoms with Crippen molar-refractivity contribution in [3.8, 4) is 0 Å². The zero-order valence-electron chi connectivity index (χ0n) is 12.4. The second-order valence-electron chi connectivity index (χ2n) is 4.33. The molecule has 0 N–H and O–H groups in total. The molecule has 0 amide bonds. The maximum Gasteiger partial charge on any atom is 0.432 e. The zero-order valence-corrected chi connectivity index (χ0v) is 12.4. The Morgan fingerprint density at radius 1 is 1.17 bits per heavy atom. The Morgan fingerprint density at radius 2 is 1.74 bits per heavy atom. The highest BCUT2D eigenvalue weighted by atomic mass is 19.4. The number of alkyl halides is 3. The highest BCUT2D eigenvalue weighted by Crippen LogP contribution is 2.43. The van der Waals surface area contributed by atoms with Gasteiger partial charge in [0, 0.05) is 12.7 Å². The maximum atomic E-state index is 13.6. The molecule has 23 heavy (non-hydrogen) atoms.